The summed E-state index contributed by atoms with van der Waals surface area (Å²) in [4.78, 5) is 25.6. The van der Waals surface area contributed by atoms with Gasteiger partial charge in [-0.1, -0.05) is 12.1 Å². The highest BCUT2D eigenvalue weighted by molar-refractivity contribution is 7.89. The summed E-state index contributed by atoms with van der Waals surface area (Å²) in [5, 5.41) is 1.86. The first-order valence-corrected chi connectivity index (χ1v) is 9.65. The van der Waals surface area contributed by atoms with Crippen molar-refractivity contribution in [3.8, 4) is 0 Å². The van der Waals surface area contributed by atoms with E-state index in [1.54, 1.807) is 14.1 Å². The smallest absolute Gasteiger partial charge is 0.338 e. The van der Waals surface area contributed by atoms with Crippen LogP contribution in [0.15, 0.2) is 46.7 Å². The Hall–Kier alpha value is -2.23. The summed E-state index contributed by atoms with van der Waals surface area (Å²) in [6.45, 7) is -0.231. The monoisotopic (exact) mass is 382 g/mol. The van der Waals surface area contributed by atoms with Gasteiger partial charge in [0.1, 0.15) is 0 Å². The molecule has 2 aromatic rings. The molecular weight excluding hydrogens is 364 g/mol. The molecule has 0 saturated carbocycles. The Balaban J connectivity index is 2.06. The van der Waals surface area contributed by atoms with Crippen LogP contribution >= 0.6 is 11.3 Å². The maximum atomic E-state index is 12.3. The fourth-order valence-electron chi connectivity index (χ4n) is 1.79. The maximum Gasteiger partial charge on any atom is 0.338 e. The van der Waals surface area contributed by atoms with Crippen molar-refractivity contribution in [1.82, 2.24) is 9.62 Å². The van der Waals surface area contributed by atoms with Gasteiger partial charge in [0.25, 0.3) is 5.91 Å². The molecule has 2 rings (SSSR count). The fourth-order valence-corrected chi connectivity index (χ4v) is 3.58. The van der Waals surface area contributed by atoms with E-state index < -0.39 is 22.6 Å². The first-order chi connectivity index (χ1) is 11.8. The number of thiophene rings is 1. The molecule has 9 heteroatoms. The zero-order valence-electron chi connectivity index (χ0n) is 13.8. The number of esters is 1. The quantitative estimate of drug-likeness (QED) is 0.732. The lowest BCUT2D eigenvalue weighted by atomic mass is 10.2. The third kappa shape index (κ3) is 5.38. The highest BCUT2D eigenvalue weighted by Crippen LogP contribution is 2.14. The van der Waals surface area contributed by atoms with Gasteiger partial charge < -0.3 is 9.64 Å². The summed E-state index contributed by atoms with van der Waals surface area (Å²) in [6.07, 6.45) is 0. The molecule has 0 unspecified atom stereocenters. The van der Waals surface area contributed by atoms with Gasteiger partial charge in [-0.15, -0.1) is 11.3 Å². The maximum absolute atomic E-state index is 12.3. The molecule has 1 aromatic heterocycles. The van der Waals surface area contributed by atoms with Crippen molar-refractivity contribution in [3.63, 3.8) is 0 Å². The molecule has 0 fully saturated rings. The summed E-state index contributed by atoms with van der Waals surface area (Å²) in [6, 6.07) is 9.14. The van der Waals surface area contributed by atoms with E-state index in [0.717, 1.165) is 4.88 Å². The van der Waals surface area contributed by atoms with E-state index in [1.807, 2.05) is 17.5 Å². The minimum Gasteiger partial charge on any atom is -0.452 e. The number of carbonyl (C=O) groups excluding carboxylic acids is 2. The van der Waals surface area contributed by atoms with Crippen molar-refractivity contribution < 1.29 is 22.7 Å². The molecule has 0 bridgehead atoms. The molecular formula is C16H18N2O5S2. The molecule has 134 valence electrons. The molecule has 0 spiro atoms. The molecule has 0 aliphatic rings. The number of carbonyl (C=O) groups is 2. The molecule has 1 aromatic carbocycles. The average Bonchev–Trinajstić information content (AvgIpc) is 3.11. The highest BCUT2D eigenvalue weighted by atomic mass is 32.2. The van der Waals surface area contributed by atoms with Gasteiger partial charge in [-0.3, -0.25) is 4.79 Å². The predicted molar refractivity (Wildman–Crippen MR) is 93.8 cm³/mol. The lowest BCUT2D eigenvalue weighted by Gasteiger charge is -2.11. The molecule has 0 atom stereocenters. The summed E-state index contributed by atoms with van der Waals surface area (Å²) < 4.78 is 32.0. The van der Waals surface area contributed by atoms with Crippen LogP contribution in [0.3, 0.4) is 0 Å². The summed E-state index contributed by atoms with van der Waals surface area (Å²) in [5.74, 6) is -1.12. The van der Waals surface area contributed by atoms with Gasteiger partial charge >= 0.3 is 5.97 Å². The van der Waals surface area contributed by atoms with Crippen molar-refractivity contribution in [2.75, 3.05) is 20.7 Å². The van der Waals surface area contributed by atoms with E-state index >= 15 is 0 Å². The van der Waals surface area contributed by atoms with Crippen LogP contribution in [-0.2, 0) is 26.1 Å². The summed E-state index contributed by atoms with van der Waals surface area (Å²) in [5.41, 5.74) is 0.0607. The lowest BCUT2D eigenvalue weighted by molar-refractivity contribution is -0.131. The Kier molecular flexibility index (Phi) is 6.29. The van der Waals surface area contributed by atoms with Crippen molar-refractivity contribution >= 4 is 33.2 Å². The number of sulfonamides is 1. The topological polar surface area (TPSA) is 92.8 Å². The molecule has 0 aliphatic heterocycles. The number of benzene rings is 1. The van der Waals surface area contributed by atoms with Crippen molar-refractivity contribution in [3.05, 3.63) is 52.2 Å². The third-order valence-electron chi connectivity index (χ3n) is 3.22. The Morgan fingerprint density at radius 1 is 1.20 bits per heavy atom. The van der Waals surface area contributed by atoms with Crippen LogP contribution in [0.1, 0.15) is 15.2 Å². The van der Waals surface area contributed by atoms with Crippen molar-refractivity contribution in [1.29, 1.82) is 0 Å². The summed E-state index contributed by atoms with van der Waals surface area (Å²) >= 11 is 1.44. The van der Waals surface area contributed by atoms with E-state index in [9.17, 15) is 18.0 Å². The van der Waals surface area contributed by atoms with Crippen LogP contribution in [0.2, 0.25) is 0 Å². The van der Waals surface area contributed by atoms with Crippen LogP contribution in [0.4, 0.5) is 0 Å². The SMILES string of the molecule is CN(C)C(=O)COC(=O)c1cccc(S(=O)(=O)NCc2cccs2)c1. The standard InChI is InChI=1S/C16H18N2O5S2/c1-18(2)15(19)11-23-16(20)12-5-3-7-14(9-12)25(21,22)17-10-13-6-4-8-24-13/h3-9,17H,10-11H2,1-2H3. The fraction of sp³-hybridized carbons (Fsp3) is 0.250. The van der Waals surface area contributed by atoms with Gasteiger partial charge in [0, 0.05) is 25.5 Å². The molecule has 25 heavy (non-hydrogen) atoms. The molecule has 0 saturated heterocycles. The third-order valence-corrected chi connectivity index (χ3v) is 5.50. The van der Waals surface area contributed by atoms with Gasteiger partial charge in [-0.25, -0.2) is 17.9 Å². The average molecular weight is 382 g/mol. The van der Waals surface area contributed by atoms with Crippen molar-refractivity contribution in [2.45, 2.75) is 11.4 Å². The summed E-state index contributed by atoms with van der Waals surface area (Å²) in [7, 11) is -0.675. The second-order valence-corrected chi connectivity index (χ2v) is 8.10. The number of nitrogens with one attached hydrogen (secondary N) is 1. The molecule has 0 radical (unpaired) electrons. The van der Waals surface area contributed by atoms with E-state index in [4.69, 9.17) is 4.74 Å². The highest BCUT2D eigenvalue weighted by Gasteiger charge is 2.17. The second-order valence-electron chi connectivity index (χ2n) is 5.30. The van der Waals surface area contributed by atoms with Crippen LogP contribution in [0.25, 0.3) is 0 Å². The Morgan fingerprint density at radius 3 is 2.60 bits per heavy atom. The van der Waals surface area contributed by atoms with Gasteiger partial charge in [0.15, 0.2) is 6.61 Å². The largest absolute Gasteiger partial charge is 0.452 e. The Morgan fingerprint density at radius 2 is 1.96 bits per heavy atom. The predicted octanol–water partition coefficient (Wildman–Crippen LogP) is 1.47. The second kappa shape index (κ2) is 8.24. The normalized spacial score (nSPS) is 11.1. The number of hydrogen-bond donors (Lipinski definition) is 1. The van der Waals surface area contributed by atoms with E-state index in [1.165, 1.54) is 40.5 Å². The van der Waals surface area contributed by atoms with Gasteiger partial charge in [0.05, 0.1) is 10.5 Å². The van der Waals surface area contributed by atoms with Gasteiger partial charge in [-0.05, 0) is 29.6 Å². The lowest BCUT2D eigenvalue weighted by Crippen LogP contribution is -2.27. The Labute approximate surface area is 150 Å². The number of rotatable bonds is 7. The van der Waals surface area contributed by atoms with E-state index in [-0.39, 0.29) is 22.9 Å². The molecule has 1 N–H and O–H groups in total. The minimum atomic E-state index is -3.76. The van der Waals surface area contributed by atoms with Crippen LogP contribution in [0, 0.1) is 0 Å². The van der Waals surface area contributed by atoms with Crippen LogP contribution in [-0.4, -0.2) is 45.9 Å². The van der Waals surface area contributed by atoms with E-state index in [0.29, 0.717) is 0 Å². The molecule has 1 amide bonds. The number of amides is 1. The van der Waals surface area contributed by atoms with E-state index in [2.05, 4.69) is 4.72 Å². The number of likely N-dealkylation sites (N-methyl/N-ethyl adjacent to an activating group) is 1. The zero-order chi connectivity index (χ0) is 18.4. The molecule has 7 nitrogen and oxygen atoms in total. The first kappa shape index (κ1) is 19.1. The van der Waals surface area contributed by atoms with Gasteiger partial charge in [-0.2, -0.15) is 0 Å². The number of hydrogen-bond acceptors (Lipinski definition) is 6. The number of ether oxygens (including phenoxy) is 1. The van der Waals surface area contributed by atoms with Gasteiger partial charge in [0.2, 0.25) is 10.0 Å². The van der Waals surface area contributed by atoms with Crippen LogP contribution in [0.5, 0.6) is 0 Å². The van der Waals surface area contributed by atoms with Crippen molar-refractivity contribution in [2.24, 2.45) is 0 Å². The molecule has 0 aliphatic carbocycles. The number of nitrogens with zero attached hydrogens (tertiary/aromatic N) is 1. The first-order valence-electron chi connectivity index (χ1n) is 7.29. The minimum absolute atomic E-state index is 0.0440. The Bertz CT molecular complexity index is 845. The molecule has 1 heterocycles. The zero-order valence-corrected chi connectivity index (χ0v) is 15.4. The van der Waals surface area contributed by atoms with Crippen LogP contribution < -0.4 is 4.72 Å².